The predicted molar refractivity (Wildman–Crippen MR) is 125 cm³/mol. The summed E-state index contributed by atoms with van der Waals surface area (Å²) in [6.07, 6.45) is 0.0398. The summed E-state index contributed by atoms with van der Waals surface area (Å²) in [6.45, 7) is 3.72. The number of rotatable bonds is 10. The average Bonchev–Trinajstić information content (AvgIpc) is 3.35. The second-order valence-corrected chi connectivity index (χ2v) is 11.1. The summed E-state index contributed by atoms with van der Waals surface area (Å²) < 4.78 is 31.7. The largest absolute Gasteiger partial charge is 0.466 e. The van der Waals surface area contributed by atoms with Gasteiger partial charge in [0.25, 0.3) is 0 Å². The molecule has 3 rings (SSSR count). The maximum absolute atomic E-state index is 12.6. The molecule has 0 aliphatic heterocycles. The molecule has 0 saturated carbocycles. The number of thiazole rings is 1. The summed E-state index contributed by atoms with van der Waals surface area (Å²) in [5, 5.41) is 12.7. The van der Waals surface area contributed by atoms with Crippen LogP contribution >= 0.6 is 23.1 Å². The number of anilines is 1. The Bertz CT molecular complexity index is 1220. The molecule has 176 valence electrons. The van der Waals surface area contributed by atoms with Crippen molar-refractivity contribution in [2.45, 2.75) is 41.3 Å². The third-order valence-electron chi connectivity index (χ3n) is 4.41. The molecule has 1 atom stereocenters. The summed E-state index contributed by atoms with van der Waals surface area (Å²) >= 11 is 2.36. The van der Waals surface area contributed by atoms with E-state index in [4.69, 9.17) is 4.74 Å². The fourth-order valence-electron chi connectivity index (χ4n) is 2.68. The van der Waals surface area contributed by atoms with Crippen LogP contribution in [0.1, 0.15) is 25.4 Å². The van der Waals surface area contributed by atoms with Crippen LogP contribution in [0.2, 0.25) is 0 Å². The molecule has 0 aliphatic rings. The smallest absolute Gasteiger partial charge is 0.311 e. The molecule has 1 unspecified atom stereocenters. The molecule has 0 bridgehead atoms. The quantitative estimate of drug-likeness (QED) is 0.323. The lowest BCUT2D eigenvalue weighted by Crippen LogP contribution is -2.23. The first-order chi connectivity index (χ1) is 15.7. The Morgan fingerprint density at radius 1 is 1.24 bits per heavy atom. The van der Waals surface area contributed by atoms with Crippen molar-refractivity contribution in [1.29, 1.82) is 0 Å². The van der Waals surface area contributed by atoms with Crippen molar-refractivity contribution in [3.8, 4) is 0 Å². The molecule has 33 heavy (non-hydrogen) atoms. The number of ether oxygens (including phenoxy) is 1. The number of hydrogen-bond donors (Lipinski definition) is 1. The lowest BCUT2D eigenvalue weighted by atomic mass is 10.3. The highest BCUT2D eigenvalue weighted by Crippen LogP contribution is 2.25. The maximum atomic E-state index is 12.6. The molecule has 0 radical (unpaired) electrons. The van der Waals surface area contributed by atoms with E-state index in [1.54, 1.807) is 49.0 Å². The van der Waals surface area contributed by atoms with Crippen LogP contribution < -0.4 is 5.32 Å². The molecule has 1 N–H and O–H groups in total. The first-order valence-corrected chi connectivity index (χ1v) is 13.3. The number of sulfone groups is 1. The van der Waals surface area contributed by atoms with Gasteiger partial charge in [0.05, 0.1) is 28.9 Å². The Labute approximate surface area is 199 Å². The van der Waals surface area contributed by atoms with E-state index in [0.29, 0.717) is 22.6 Å². The van der Waals surface area contributed by atoms with Crippen LogP contribution in [0.5, 0.6) is 0 Å². The Hall–Kier alpha value is -2.77. The van der Waals surface area contributed by atoms with Crippen molar-refractivity contribution in [2.75, 3.05) is 11.9 Å². The molecule has 3 aromatic rings. The third-order valence-corrected chi connectivity index (χ3v) is 7.98. The summed E-state index contributed by atoms with van der Waals surface area (Å²) in [6, 6.07) is 8.13. The molecule has 0 aliphatic carbocycles. The van der Waals surface area contributed by atoms with Crippen LogP contribution in [0.3, 0.4) is 0 Å². The Balaban J connectivity index is 1.60. The van der Waals surface area contributed by atoms with E-state index in [2.05, 4.69) is 20.5 Å². The van der Waals surface area contributed by atoms with Gasteiger partial charge in [-0.15, -0.1) is 21.5 Å². The van der Waals surface area contributed by atoms with Crippen molar-refractivity contribution in [3.05, 3.63) is 47.2 Å². The normalized spacial score (nSPS) is 12.3. The molecule has 0 saturated heterocycles. The van der Waals surface area contributed by atoms with Crippen molar-refractivity contribution < 1.29 is 22.7 Å². The number of thioether (sulfide) groups is 1. The first kappa shape index (κ1) is 24.9. The van der Waals surface area contributed by atoms with Gasteiger partial charge in [-0.1, -0.05) is 30.0 Å². The van der Waals surface area contributed by atoms with Gasteiger partial charge >= 0.3 is 5.97 Å². The molecule has 10 nitrogen and oxygen atoms in total. The molecule has 0 spiro atoms. The molecule has 13 heteroatoms. The van der Waals surface area contributed by atoms with Gasteiger partial charge in [-0.3, -0.25) is 9.59 Å². The lowest BCUT2D eigenvalue weighted by molar-refractivity contribution is -0.142. The van der Waals surface area contributed by atoms with Gasteiger partial charge in [0.2, 0.25) is 5.91 Å². The lowest BCUT2D eigenvalue weighted by Gasteiger charge is -2.10. The number of aromatic nitrogens is 4. The summed E-state index contributed by atoms with van der Waals surface area (Å²) in [5.41, 5.74) is 0.520. The molecular weight excluding hydrogens is 486 g/mol. The van der Waals surface area contributed by atoms with Crippen molar-refractivity contribution in [1.82, 2.24) is 19.7 Å². The minimum absolute atomic E-state index is 0.0398. The van der Waals surface area contributed by atoms with Gasteiger partial charge in [-0.25, -0.2) is 13.4 Å². The highest BCUT2D eigenvalue weighted by Gasteiger charge is 2.23. The number of carbonyl (C=O) groups excluding carboxylic acids is 2. The van der Waals surface area contributed by atoms with Gasteiger partial charge in [0.15, 0.2) is 20.1 Å². The number of benzene rings is 1. The minimum atomic E-state index is -3.57. The van der Waals surface area contributed by atoms with Gasteiger partial charge < -0.3 is 14.6 Å². The molecular formula is C20H23N5O5S3. The van der Waals surface area contributed by atoms with E-state index in [9.17, 15) is 18.0 Å². The van der Waals surface area contributed by atoms with Crippen LogP contribution in [0.25, 0.3) is 0 Å². The standard InChI is InChI=1S/C20H23N5O5S3/c1-4-30-17(26)10-14-11-31-19(21-14)22-18(27)13(2)32-20-24-23-16(25(20)3)12-33(28,29)15-8-6-5-7-9-15/h5-9,11,13H,4,10,12H2,1-3H3,(H,21,22,27). The molecule has 1 aromatic carbocycles. The fraction of sp³-hybridized carbons (Fsp3) is 0.350. The Morgan fingerprint density at radius 3 is 2.67 bits per heavy atom. The van der Waals surface area contributed by atoms with E-state index >= 15 is 0 Å². The van der Waals surface area contributed by atoms with Gasteiger partial charge in [-0.05, 0) is 26.0 Å². The topological polar surface area (TPSA) is 133 Å². The van der Waals surface area contributed by atoms with Crippen molar-refractivity contribution in [2.24, 2.45) is 7.05 Å². The summed E-state index contributed by atoms with van der Waals surface area (Å²) in [5.74, 6) is -0.711. The van der Waals surface area contributed by atoms with Crippen molar-refractivity contribution >= 4 is 49.9 Å². The second kappa shape index (κ2) is 10.9. The molecule has 0 fully saturated rings. The fourth-order valence-corrected chi connectivity index (χ4v) is 5.56. The highest BCUT2D eigenvalue weighted by atomic mass is 32.2. The summed E-state index contributed by atoms with van der Waals surface area (Å²) in [7, 11) is -1.91. The van der Waals surface area contributed by atoms with Crippen LogP contribution in [0.4, 0.5) is 5.13 Å². The predicted octanol–water partition coefficient (Wildman–Crippen LogP) is 2.47. The number of nitrogens with zero attached hydrogens (tertiary/aromatic N) is 4. The highest BCUT2D eigenvalue weighted by molar-refractivity contribution is 8.00. The molecule has 2 aromatic heterocycles. The first-order valence-electron chi connectivity index (χ1n) is 9.93. The van der Waals surface area contributed by atoms with E-state index in [1.165, 1.54) is 23.5 Å². The monoisotopic (exact) mass is 509 g/mol. The van der Waals surface area contributed by atoms with Crippen LogP contribution in [0.15, 0.2) is 45.8 Å². The zero-order chi connectivity index (χ0) is 24.0. The summed E-state index contributed by atoms with van der Waals surface area (Å²) in [4.78, 5) is 28.6. The number of carbonyl (C=O) groups is 2. The number of amides is 1. The van der Waals surface area contributed by atoms with Crippen molar-refractivity contribution in [3.63, 3.8) is 0 Å². The molecule has 2 heterocycles. The number of hydrogen-bond acceptors (Lipinski definition) is 10. The SMILES string of the molecule is CCOC(=O)Cc1csc(NC(=O)C(C)Sc2nnc(CS(=O)(=O)c3ccccc3)n2C)n1. The zero-order valence-corrected chi connectivity index (χ0v) is 20.7. The zero-order valence-electron chi connectivity index (χ0n) is 18.2. The van der Waals surface area contributed by atoms with E-state index < -0.39 is 15.1 Å². The second-order valence-electron chi connectivity index (χ2n) is 6.91. The van der Waals surface area contributed by atoms with Crippen LogP contribution in [-0.4, -0.2) is 51.9 Å². The Morgan fingerprint density at radius 2 is 1.97 bits per heavy atom. The van der Waals surface area contributed by atoms with E-state index in [-0.39, 0.29) is 34.8 Å². The van der Waals surface area contributed by atoms with E-state index in [1.807, 2.05) is 0 Å². The number of esters is 1. The Kier molecular flexibility index (Phi) is 8.21. The average molecular weight is 510 g/mol. The van der Waals surface area contributed by atoms with Gasteiger partial charge in [0.1, 0.15) is 11.6 Å². The number of nitrogens with one attached hydrogen (secondary N) is 1. The van der Waals surface area contributed by atoms with Gasteiger partial charge in [0, 0.05) is 12.4 Å². The third kappa shape index (κ3) is 6.62. The van der Waals surface area contributed by atoms with Crippen LogP contribution in [0, 0.1) is 0 Å². The maximum Gasteiger partial charge on any atom is 0.311 e. The van der Waals surface area contributed by atoms with E-state index in [0.717, 1.165) is 11.8 Å². The van der Waals surface area contributed by atoms with Crippen LogP contribution in [-0.2, 0) is 43.4 Å². The minimum Gasteiger partial charge on any atom is -0.466 e. The molecule has 1 amide bonds. The van der Waals surface area contributed by atoms with Gasteiger partial charge in [-0.2, -0.15) is 0 Å².